The Hall–Kier alpha value is -2.08. The van der Waals surface area contributed by atoms with Crippen molar-refractivity contribution in [3.8, 4) is 11.5 Å². The van der Waals surface area contributed by atoms with E-state index in [0.29, 0.717) is 25.4 Å². The van der Waals surface area contributed by atoms with E-state index >= 15 is 0 Å². The summed E-state index contributed by atoms with van der Waals surface area (Å²) in [6.45, 7) is 1.97. The molecule has 2 rings (SSSR count). The van der Waals surface area contributed by atoms with Crippen molar-refractivity contribution in [3.05, 3.63) is 60.2 Å². The quantitative estimate of drug-likeness (QED) is 0.560. The van der Waals surface area contributed by atoms with Crippen LogP contribution in [0.1, 0.15) is 5.56 Å². The van der Waals surface area contributed by atoms with Crippen molar-refractivity contribution in [2.75, 3.05) is 26.3 Å². The largest absolute Gasteiger partial charge is 0.491 e. The Morgan fingerprint density at radius 1 is 0.913 bits per heavy atom. The molecular formula is C18H24NO4+. The minimum atomic E-state index is -0.560. The lowest BCUT2D eigenvalue weighted by molar-refractivity contribution is -0.662. The smallest absolute Gasteiger partial charge is 0.137 e. The van der Waals surface area contributed by atoms with Crippen LogP contribution in [-0.4, -0.2) is 42.6 Å². The van der Waals surface area contributed by atoms with Gasteiger partial charge < -0.3 is 25.0 Å². The van der Waals surface area contributed by atoms with Crippen molar-refractivity contribution in [1.29, 1.82) is 0 Å². The summed E-state index contributed by atoms with van der Waals surface area (Å²) < 4.78 is 11.2. The Bertz CT molecular complexity index is 545. The van der Waals surface area contributed by atoms with Gasteiger partial charge in [-0.15, -0.1) is 0 Å². The Morgan fingerprint density at radius 2 is 1.57 bits per heavy atom. The van der Waals surface area contributed by atoms with Crippen LogP contribution >= 0.6 is 0 Å². The van der Waals surface area contributed by atoms with Gasteiger partial charge in [-0.1, -0.05) is 30.3 Å². The van der Waals surface area contributed by atoms with E-state index in [-0.39, 0.29) is 13.2 Å². The van der Waals surface area contributed by atoms with E-state index in [1.165, 1.54) is 0 Å². The first-order chi connectivity index (χ1) is 11.3. The maximum atomic E-state index is 9.74. The number of ether oxygens (including phenoxy) is 2. The van der Waals surface area contributed by atoms with Gasteiger partial charge in [0.2, 0.25) is 0 Å². The summed E-state index contributed by atoms with van der Waals surface area (Å²) in [4.78, 5) is 0. The molecule has 2 aromatic rings. The van der Waals surface area contributed by atoms with Crippen LogP contribution in [0.3, 0.4) is 0 Å². The zero-order chi connectivity index (χ0) is 16.3. The standard InChI is InChI=1S/C18H23NO4/c20-11-10-19-12-16(21)14-23-18-8-6-17(7-9-18)22-13-15-4-2-1-3-5-15/h1-9,16,19-21H,10-14H2/p+1/t16-/m0/s1. The van der Waals surface area contributed by atoms with Gasteiger partial charge in [-0.05, 0) is 29.8 Å². The lowest BCUT2D eigenvalue weighted by atomic mass is 10.2. The minimum absolute atomic E-state index is 0.109. The van der Waals surface area contributed by atoms with Gasteiger partial charge in [0, 0.05) is 0 Å². The summed E-state index contributed by atoms with van der Waals surface area (Å²) in [6.07, 6.45) is -0.560. The van der Waals surface area contributed by atoms with Crippen LogP contribution in [0.4, 0.5) is 0 Å². The molecule has 5 nitrogen and oxygen atoms in total. The first-order valence-corrected chi connectivity index (χ1v) is 7.78. The molecule has 5 heteroatoms. The van der Waals surface area contributed by atoms with E-state index < -0.39 is 6.10 Å². The van der Waals surface area contributed by atoms with Crippen LogP contribution in [0.2, 0.25) is 0 Å². The summed E-state index contributed by atoms with van der Waals surface area (Å²) >= 11 is 0. The number of aliphatic hydroxyl groups is 2. The van der Waals surface area contributed by atoms with Gasteiger partial charge >= 0.3 is 0 Å². The highest BCUT2D eigenvalue weighted by Crippen LogP contribution is 2.18. The van der Waals surface area contributed by atoms with Gasteiger partial charge in [-0.25, -0.2) is 0 Å². The first kappa shape index (κ1) is 17.3. The number of rotatable bonds is 10. The van der Waals surface area contributed by atoms with E-state index in [1.54, 1.807) is 0 Å². The van der Waals surface area contributed by atoms with E-state index in [2.05, 4.69) is 0 Å². The fourth-order valence-corrected chi connectivity index (χ4v) is 2.03. The SMILES string of the molecule is OCC[NH2+]C[C@H](O)COc1ccc(OCc2ccccc2)cc1. The number of benzene rings is 2. The van der Waals surface area contributed by atoms with E-state index in [0.717, 1.165) is 11.3 Å². The lowest BCUT2D eigenvalue weighted by Crippen LogP contribution is -2.87. The molecule has 0 saturated carbocycles. The molecule has 23 heavy (non-hydrogen) atoms. The molecule has 0 saturated heterocycles. The minimum Gasteiger partial charge on any atom is -0.491 e. The Labute approximate surface area is 136 Å². The second-order valence-corrected chi connectivity index (χ2v) is 5.25. The van der Waals surface area contributed by atoms with Crippen LogP contribution in [0.25, 0.3) is 0 Å². The Kier molecular flexibility index (Phi) is 7.39. The number of nitrogens with two attached hydrogens (primary N) is 1. The maximum Gasteiger partial charge on any atom is 0.137 e. The zero-order valence-corrected chi connectivity index (χ0v) is 13.1. The predicted octanol–water partition coefficient (Wildman–Crippen LogP) is 0.561. The molecule has 0 aliphatic rings. The fourth-order valence-electron chi connectivity index (χ4n) is 2.03. The third kappa shape index (κ3) is 6.69. The molecule has 0 aliphatic heterocycles. The summed E-state index contributed by atoms with van der Waals surface area (Å²) in [5.41, 5.74) is 1.12. The van der Waals surface area contributed by atoms with Crippen LogP contribution in [0.5, 0.6) is 11.5 Å². The highest BCUT2D eigenvalue weighted by atomic mass is 16.5. The van der Waals surface area contributed by atoms with Gasteiger partial charge in [0.1, 0.15) is 37.4 Å². The molecule has 0 fully saturated rings. The van der Waals surface area contributed by atoms with Gasteiger partial charge in [-0.3, -0.25) is 0 Å². The van der Waals surface area contributed by atoms with E-state index in [9.17, 15) is 5.11 Å². The molecule has 0 aromatic heterocycles. The number of quaternary nitrogens is 1. The van der Waals surface area contributed by atoms with Crippen LogP contribution in [-0.2, 0) is 6.61 Å². The molecule has 4 N–H and O–H groups in total. The molecular weight excluding hydrogens is 294 g/mol. The second kappa shape index (κ2) is 9.84. The van der Waals surface area contributed by atoms with Gasteiger partial charge in [0.25, 0.3) is 0 Å². The van der Waals surface area contributed by atoms with Crippen molar-refractivity contribution in [1.82, 2.24) is 0 Å². The average Bonchev–Trinajstić information content (AvgIpc) is 2.60. The molecule has 1 atom stereocenters. The van der Waals surface area contributed by atoms with Gasteiger partial charge in [0.05, 0.1) is 13.2 Å². The normalized spacial score (nSPS) is 11.9. The van der Waals surface area contributed by atoms with Crippen molar-refractivity contribution in [3.63, 3.8) is 0 Å². The van der Waals surface area contributed by atoms with Crippen LogP contribution < -0.4 is 14.8 Å². The van der Waals surface area contributed by atoms with Crippen molar-refractivity contribution in [2.24, 2.45) is 0 Å². The highest BCUT2D eigenvalue weighted by molar-refractivity contribution is 5.31. The molecule has 0 bridgehead atoms. The Balaban J connectivity index is 1.71. The summed E-state index contributed by atoms with van der Waals surface area (Å²) in [6, 6.07) is 17.3. The fraction of sp³-hybridized carbons (Fsp3) is 0.333. The summed E-state index contributed by atoms with van der Waals surface area (Å²) in [7, 11) is 0. The van der Waals surface area contributed by atoms with Crippen LogP contribution in [0.15, 0.2) is 54.6 Å². The zero-order valence-electron chi connectivity index (χ0n) is 13.1. The predicted molar refractivity (Wildman–Crippen MR) is 87.5 cm³/mol. The molecule has 2 aromatic carbocycles. The summed E-state index contributed by atoms with van der Waals surface area (Å²) in [5.74, 6) is 1.47. The van der Waals surface area contributed by atoms with E-state index in [4.69, 9.17) is 14.6 Å². The van der Waals surface area contributed by atoms with E-state index in [1.807, 2.05) is 59.9 Å². The van der Waals surface area contributed by atoms with Gasteiger partial charge in [0.15, 0.2) is 0 Å². The average molecular weight is 318 g/mol. The number of aliphatic hydroxyl groups excluding tert-OH is 2. The number of hydrogen-bond acceptors (Lipinski definition) is 4. The molecule has 0 unspecified atom stereocenters. The molecule has 0 spiro atoms. The van der Waals surface area contributed by atoms with Crippen molar-refractivity contribution >= 4 is 0 Å². The van der Waals surface area contributed by atoms with Crippen LogP contribution in [0, 0.1) is 0 Å². The van der Waals surface area contributed by atoms with Gasteiger partial charge in [-0.2, -0.15) is 0 Å². The van der Waals surface area contributed by atoms with Crippen molar-refractivity contribution < 1.29 is 25.0 Å². The summed E-state index contributed by atoms with van der Waals surface area (Å²) in [5, 5.41) is 20.3. The molecule has 0 heterocycles. The number of hydrogen-bond donors (Lipinski definition) is 3. The molecule has 0 radical (unpaired) electrons. The highest BCUT2D eigenvalue weighted by Gasteiger charge is 2.07. The van der Waals surface area contributed by atoms with Crippen molar-refractivity contribution in [2.45, 2.75) is 12.7 Å². The molecule has 0 amide bonds. The second-order valence-electron chi connectivity index (χ2n) is 5.25. The molecule has 124 valence electrons. The first-order valence-electron chi connectivity index (χ1n) is 7.78. The third-order valence-corrected chi connectivity index (χ3v) is 3.29. The topological polar surface area (TPSA) is 75.5 Å². The lowest BCUT2D eigenvalue weighted by Gasteiger charge is -2.12. The Morgan fingerprint density at radius 3 is 2.22 bits per heavy atom. The molecule has 0 aliphatic carbocycles. The monoisotopic (exact) mass is 318 g/mol. The maximum absolute atomic E-state index is 9.74. The third-order valence-electron chi connectivity index (χ3n) is 3.29.